The lowest BCUT2D eigenvalue weighted by molar-refractivity contribution is -0.119. The molecule has 0 unspecified atom stereocenters. The van der Waals surface area contributed by atoms with E-state index < -0.39 is 11.9 Å². The Morgan fingerprint density at radius 1 is 0.893 bits per heavy atom. The van der Waals surface area contributed by atoms with Gasteiger partial charge < -0.3 is 14.8 Å². The van der Waals surface area contributed by atoms with Crippen LogP contribution in [-0.2, 0) is 16.1 Å². The first-order valence-electron chi connectivity index (χ1n) is 8.59. The fourth-order valence-corrected chi connectivity index (χ4v) is 2.80. The normalized spacial score (nSPS) is 10.2. The van der Waals surface area contributed by atoms with Crippen molar-refractivity contribution in [1.82, 2.24) is 0 Å². The van der Waals surface area contributed by atoms with Crippen LogP contribution in [0.25, 0.3) is 0 Å². The number of rotatable bonds is 7. The van der Waals surface area contributed by atoms with E-state index in [2.05, 4.69) is 21.2 Å². The van der Waals surface area contributed by atoms with E-state index in [1.54, 1.807) is 42.5 Å². The molecular formula is C22H18BrNO4. The van der Waals surface area contributed by atoms with Gasteiger partial charge in [0.05, 0.1) is 5.56 Å². The molecule has 6 heteroatoms. The van der Waals surface area contributed by atoms with Gasteiger partial charge in [0.25, 0.3) is 5.91 Å². The summed E-state index contributed by atoms with van der Waals surface area (Å²) in [6.07, 6.45) is 0. The second kappa shape index (κ2) is 9.71. The summed E-state index contributed by atoms with van der Waals surface area (Å²) in [5, 5.41) is 2.67. The van der Waals surface area contributed by atoms with Gasteiger partial charge in [0.2, 0.25) is 0 Å². The highest BCUT2D eigenvalue weighted by Crippen LogP contribution is 2.16. The third-order valence-electron chi connectivity index (χ3n) is 3.78. The molecule has 0 atom stereocenters. The molecule has 3 aromatic carbocycles. The standard InChI is InChI=1S/C22H18BrNO4/c23-18-5-4-6-19(13-18)24-21(25)15-28-22(26)17-11-9-16(10-12-17)14-27-20-7-2-1-3-8-20/h1-13H,14-15H2,(H,24,25). The Balaban J connectivity index is 1.47. The number of halogens is 1. The lowest BCUT2D eigenvalue weighted by atomic mass is 10.1. The Bertz CT molecular complexity index is 942. The molecule has 0 spiro atoms. The average Bonchev–Trinajstić information content (AvgIpc) is 2.72. The molecule has 0 saturated heterocycles. The van der Waals surface area contributed by atoms with E-state index in [0.29, 0.717) is 17.9 Å². The van der Waals surface area contributed by atoms with Crippen molar-refractivity contribution < 1.29 is 19.1 Å². The number of anilines is 1. The van der Waals surface area contributed by atoms with Crippen LogP contribution in [0.3, 0.4) is 0 Å². The van der Waals surface area contributed by atoms with Gasteiger partial charge in [-0.05, 0) is 48.0 Å². The molecule has 1 amide bonds. The number of hydrogen-bond donors (Lipinski definition) is 1. The Kier molecular flexibility index (Phi) is 6.81. The molecule has 0 aliphatic rings. The van der Waals surface area contributed by atoms with E-state index in [1.807, 2.05) is 36.4 Å². The summed E-state index contributed by atoms with van der Waals surface area (Å²) in [5.74, 6) is -0.179. The van der Waals surface area contributed by atoms with Crippen molar-refractivity contribution >= 4 is 33.5 Å². The van der Waals surface area contributed by atoms with E-state index in [4.69, 9.17) is 9.47 Å². The highest BCUT2D eigenvalue weighted by molar-refractivity contribution is 9.10. The minimum absolute atomic E-state index is 0.357. The van der Waals surface area contributed by atoms with Crippen LogP contribution in [0.2, 0.25) is 0 Å². The van der Waals surface area contributed by atoms with Crippen molar-refractivity contribution in [3.63, 3.8) is 0 Å². The van der Waals surface area contributed by atoms with Crippen molar-refractivity contribution in [3.05, 3.63) is 94.5 Å². The van der Waals surface area contributed by atoms with Gasteiger partial charge >= 0.3 is 5.97 Å². The molecule has 0 fully saturated rings. The maximum absolute atomic E-state index is 12.1. The molecule has 0 bridgehead atoms. The number of hydrogen-bond acceptors (Lipinski definition) is 4. The topological polar surface area (TPSA) is 64.6 Å². The van der Waals surface area contributed by atoms with Crippen molar-refractivity contribution in [2.45, 2.75) is 6.61 Å². The largest absolute Gasteiger partial charge is 0.489 e. The number of benzene rings is 3. The molecule has 0 aliphatic heterocycles. The van der Waals surface area contributed by atoms with E-state index in [0.717, 1.165) is 15.8 Å². The van der Waals surface area contributed by atoms with Crippen molar-refractivity contribution in [2.75, 3.05) is 11.9 Å². The summed E-state index contributed by atoms with van der Waals surface area (Å²) < 4.78 is 11.6. The molecule has 0 aliphatic carbocycles. The second-order valence-electron chi connectivity index (χ2n) is 5.93. The maximum Gasteiger partial charge on any atom is 0.338 e. The molecule has 0 aromatic heterocycles. The summed E-state index contributed by atoms with van der Waals surface area (Å²) in [7, 11) is 0. The second-order valence-corrected chi connectivity index (χ2v) is 6.85. The third kappa shape index (κ3) is 5.96. The van der Waals surface area contributed by atoms with Gasteiger partial charge in [0.1, 0.15) is 12.4 Å². The highest BCUT2D eigenvalue weighted by Gasteiger charge is 2.10. The van der Waals surface area contributed by atoms with E-state index in [1.165, 1.54) is 0 Å². The molecule has 0 radical (unpaired) electrons. The first-order valence-corrected chi connectivity index (χ1v) is 9.39. The van der Waals surface area contributed by atoms with Gasteiger partial charge in [-0.3, -0.25) is 4.79 Å². The Morgan fingerprint density at radius 3 is 2.36 bits per heavy atom. The van der Waals surface area contributed by atoms with Crippen LogP contribution >= 0.6 is 15.9 Å². The molecule has 142 valence electrons. The predicted molar refractivity (Wildman–Crippen MR) is 110 cm³/mol. The Morgan fingerprint density at radius 2 is 1.64 bits per heavy atom. The van der Waals surface area contributed by atoms with E-state index >= 15 is 0 Å². The first kappa shape index (κ1) is 19.6. The van der Waals surface area contributed by atoms with E-state index in [-0.39, 0.29) is 6.61 Å². The SMILES string of the molecule is O=C(COC(=O)c1ccc(COc2ccccc2)cc1)Nc1cccc(Br)c1. The highest BCUT2D eigenvalue weighted by atomic mass is 79.9. The lowest BCUT2D eigenvalue weighted by Gasteiger charge is -2.08. The molecule has 3 aromatic rings. The molecule has 28 heavy (non-hydrogen) atoms. The van der Waals surface area contributed by atoms with Gasteiger partial charge in [0.15, 0.2) is 6.61 Å². The van der Waals surface area contributed by atoms with Gasteiger partial charge in [0, 0.05) is 10.2 Å². The fraction of sp³-hybridized carbons (Fsp3) is 0.0909. The zero-order valence-corrected chi connectivity index (χ0v) is 16.5. The third-order valence-corrected chi connectivity index (χ3v) is 4.27. The summed E-state index contributed by atoms with van der Waals surface area (Å²) in [4.78, 5) is 24.0. The number of para-hydroxylation sites is 1. The van der Waals surface area contributed by atoms with Crippen LogP contribution in [-0.4, -0.2) is 18.5 Å². The van der Waals surface area contributed by atoms with Gasteiger partial charge in [-0.1, -0.05) is 52.3 Å². The minimum atomic E-state index is -0.556. The molecule has 3 rings (SSSR count). The Labute approximate surface area is 171 Å². The monoisotopic (exact) mass is 439 g/mol. The number of nitrogens with one attached hydrogen (secondary N) is 1. The van der Waals surface area contributed by atoms with Gasteiger partial charge in [-0.2, -0.15) is 0 Å². The van der Waals surface area contributed by atoms with Crippen molar-refractivity contribution in [3.8, 4) is 5.75 Å². The fourth-order valence-electron chi connectivity index (χ4n) is 2.40. The number of carbonyl (C=O) groups is 2. The van der Waals surface area contributed by atoms with Crippen LogP contribution in [0.15, 0.2) is 83.3 Å². The summed E-state index contributed by atoms with van der Waals surface area (Å²) in [6.45, 7) is 0.0403. The molecular weight excluding hydrogens is 422 g/mol. The lowest BCUT2D eigenvalue weighted by Crippen LogP contribution is -2.20. The van der Waals surface area contributed by atoms with Crippen LogP contribution in [0.5, 0.6) is 5.75 Å². The smallest absolute Gasteiger partial charge is 0.338 e. The molecule has 0 saturated carbocycles. The van der Waals surface area contributed by atoms with Crippen molar-refractivity contribution in [1.29, 1.82) is 0 Å². The summed E-state index contributed by atoms with van der Waals surface area (Å²) in [6, 6.07) is 23.5. The minimum Gasteiger partial charge on any atom is -0.489 e. The molecule has 0 heterocycles. The number of esters is 1. The number of ether oxygens (including phenoxy) is 2. The zero-order valence-electron chi connectivity index (χ0n) is 14.9. The van der Waals surface area contributed by atoms with Crippen LogP contribution in [0.1, 0.15) is 15.9 Å². The molecule has 1 N–H and O–H groups in total. The maximum atomic E-state index is 12.1. The van der Waals surface area contributed by atoms with Crippen LogP contribution in [0, 0.1) is 0 Å². The average molecular weight is 440 g/mol. The van der Waals surface area contributed by atoms with Crippen molar-refractivity contribution in [2.24, 2.45) is 0 Å². The number of amides is 1. The summed E-state index contributed by atoms with van der Waals surface area (Å²) in [5.41, 5.74) is 1.92. The van der Waals surface area contributed by atoms with Crippen LogP contribution in [0.4, 0.5) is 5.69 Å². The molecule has 5 nitrogen and oxygen atoms in total. The van der Waals surface area contributed by atoms with Gasteiger partial charge in [-0.25, -0.2) is 4.79 Å². The Hall–Kier alpha value is -3.12. The first-order chi connectivity index (χ1) is 13.6. The van der Waals surface area contributed by atoms with Crippen LogP contribution < -0.4 is 10.1 Å². The van der Waals surface area contributed by atoms with E-state index in [9.17, 15) is 9.59 Å². The van der Waals surface area contributed by atoms with Gasteiger partial charge in [-0.15, -0.1) is 0 Å². The number of carbonyl (C=O) groups excluding carboxylic acids is 2. The zero-order chi connectivity index (χ0) is 19.8. The summed E-state index contributed by atoms with van der Waals surface area (Å²) >= 11 is 3.33. The quantitative estimate of drug-likeness (QED) is 0.535. The predicted octanol–water partition coefficient (Wildman–Crippen LogP) is 4.82.